The van der Waals surface area contributed by atoms with Gasteiger partial charge in [0.2, 0.25) is 7.41 Å². The highest BCUT2D eigenvalue weighted by atomic mass is 16.5. The molecule has 1 unspecified atom stereocenters. The van der Waals surface area contributed by atoms with Crippen molar-refractivity contribution in [3.8, 4) is 0 Å². The van der Waals surface area contributed by atoms with Gasteiger partial charge < -0.3 is 10.4 Å². The molecule has 0 saturated carbocycles. The van der Waals surface area contributed by atoms with E-state index in [4.69, 9.17) is 10.4 Å². The molecule has 0 aromatic heterocycles. The van der Waals surface area contributed by atoms with Crippen LogP contribution in [-0.2, 0) is 4.74 Å². The lowest BCUT2D eigenvalue weighted by Crippen LogP contribution is -2.22. The van der Waals surface area contributed by atoms with Gasteiger partial charge in [-0.25, -0.2) is 0 Å². The monoisotopic (exact) mass is 220 g/mol. The fourth-order valence-corrected chi connectivity index (χ4v) is 1.42. The van der Waals surface area contributed by atoms with Crippen molar-refractivity contribution in [3.63, 3.8) is 0 Å². The number of nitrogens with two attached hydrogens (primary N) is 1. The number of ether oxygens (including phenoxy) is 1. The van der Waals surface area contributed by atoms with Crippen molar-refractivity contribution >= 4 is 7.41 Å². The van der Waals surface area contributed by atoms with Crippen molar-refractivity contribution in [2.45, 2.75) is 39.4 Å². The first-order valence-electron chi connectivity index (χ1n) is 6.01. The van der Waals surface area contributed by atoms with Crippen molar-refractivity contribution in [2.24, 2.45) is 5.64 Å². The minimum atomic E-state index is 0.321. The number of rotatable bonds is 4. The van der Waals surface area contributed by atoms with E-state index in [0.717, 1.165) is 24.2 Å². The van der Waals surface area contributed by atoms with Gasteiger partial charge in [-0.1, -0.05) is 39.5 Å². The van der Waals surface area contributed by atoms with Crippen LogP contribution < -0.4 is 5.64 Å². The molecule has 16 heavy (non-hydrogen) atoms. The number of hydrogen-bond donors (Lipinski definition) is 1. The highest BCUT2D eigenvalue weighted by Gasteiger charge is 2.18. The third kappa shape index (κ3) is 4.71. The maximum absolute atomic E-state index is 5.60. The quantitative estimate of drug-likeness (QED) is 0.738. The van der Waals surface area contributed by atoms with E-state index in [1.807, 2.05) is 26.0 Å². The van der Waals surface area contributed by atoms with Crippen molar-refractivity contribution in [1.29, 1.82) is 0 Å². The fraction of sp³-hybridized carbons (Fsp3) is 0.538. The van der Waals surface area contributed by atoms with Crippen molar-refractivity contribution in [3.05, 3.63) is 36.1 Å². The summed E-state index contributed by atoms with van der Waals surface area (Å²) in [4.78, 5) is 0. The number of hydrogen-bond acceptors (Lipinski definition) is 2. The lowest BCUT2D eigenvalue weighted by Gasteiger charge is -2.23. The number of allylic oxidation sites excluding steroid dienone is 4. The van der Waals surface area contributed by atoms with Crippen LogP contribution in [0.4, 0.5) is 0 Å². The second kappa shape index (κ2) is 9.28. The zero-order valence-electron chi connectivity index (χ0n) is 10.7. The summed E-state index contributed by atoms with van der Waals surface area (Å²) in [6, 6.07) is 0. The zero-order valence-corrected chi connectivity index (χ0v) is 10.7. The summed E-state index contributed by atoms with van der Waals surface area (Å²) in [7, 11) is 1.70. The van der Waals surface area contributed by atoms with Gasteiger partial charge in [0, 0.05) is 0 Å². The highest BCUT2D eigenvalue weighted by Crippen LogP contribution is 2.27. The van der Waals surface area contributed by atoms with Gasteiger partial charge in [-0.15, -0.1) is 0 Å². The average Bonchev–Trinajstić information content (AvgIpc) is 2.38. The van der Waals surface area contributed by atoms with E-state index in [0.29, 0.717) is 12.4 Å². The van der Waals surface area contributed by atoms with Gasteiger partial charge in [-0.05, 0) is 30.3 Å². The Kier molecular flexibility index (Phi) is 8.73. The van der Waals surface area contributed by atoms with Crippen molar-refractivity contribution < 1.29 is 4.74 Å². The zero-order chi connectivity index (χ0) is 12.4. The van der Waals surface area contributed by atoms with Crippen LogP contribution in [-0.4, -0.2) is 14.0 Å². The largest absolute Gasteiger partial charge is 0.494 e. The van der Waals surface area contributed by atoms with Gasteiger partial charge in [0.05, 0.1) is 6.61 Å². The highest BCUT2D eigenvalue weighted by molar-refractivity contribution is 6.33. The molecule has 1 heterocycles. The molecule has 2 N–H and O–H groups in total. The second-order valence-corrected chi connectivity index (χ2v) is 3.37. The van der Waals surface area contributed by atoms with Crippen molar-refractivity contribution in [2.75, 3.05) is 6.61 Å². The van der Waals surface area contributed by atoms with E-state index in [-0.39, 0.29) is 0 Å². The van der Waals surface area contributed by atoms with Gasteiger partial charge >= 0.3 is 0 Å². The summed E-state index contributed by atoms with van der Waals surface area (Å²) in [5.41, 5.74) is 6.63. The first-order chi connectivity index (χ1) is 7.81. The minimum absolute atomic E-state index is 0.321. The molecule has 0 fully saturated rings. The summed E-state index contributed by atoms with van der Waals surface area (Å²) >= 11 is 0. The molecular formula is C13H23BNO. The Morgan fingerprint density at radius 2 is 2.25 bits per heavy atom. The molecule has 0 aromatic carbocycles. The molecule has 89 valence electrons. The third-order valence-electron chi connectivity index (χ3n) is 2.27. The van der Waals surface area contributed by atoms with Crippen LogP contribution in [0.1, 0.15) is 33.6 Å². The van der Waals surface area contributed by atoms with E-state index in [9.17, 15) is 0 Å². The molecule has 1 aliphatic rings. The molecule has 0 aromatic rings. The van der Waals surface area contributed by atoms with Gasteiger partial charge in [-0.3, -0.25) is 0 Å². The Labute approximate surface area is 101 Å². The van der Waals surface area contributed by atoms with Crippen LogP contribution >= 0.6 is 0 Å². The predicted molar refractivity (Wildman–Crippen MR) is 72.3 cm³/mol. The van der Waals surface area contributed by atoms with E-state index in [1.165, 1.54) is 0 Å². The standard InChI is InChI=1S/C11H17BNO.C2H6/c1-3-5-6-11-9(4-2)7-10(12-13)8-14-11;1-2/h4-6,10H,2-3,7-8,13H2,1H3;1-2H3/b6-5-;. The molecule has 0 saturated heterocycles. The topological polar surface area (TPSA) is 35.2 Å². The molecule has 3 heteroatoms. The predicted octanol–water partition coefficient (Wildman–Crippen LogP) is 3.21. The van der Waals surface area contributed by atoms with Crippen LogP contribution in [0.25, 0.3) is 0 Å². The Balaban J connectivity index is 0.00000106. The van der Waals surface area contributed by atoms with E-state index in [1.54, 1.807) is 7.41 Å². The summed E-state index contributed by atoms with van der Waals surface area (Å²) in [6.45, 7) is 10.6. The summed E-state index contributed by atoms with van der Waals surface area (Å²) in [5.74, 6) is 1.27. The average molecular weight is 220 g/mol. The normalized spacial score (nSPS) is 19.9. The molecule has 1 radical (unpaired) electrons. The first-order valence-corrected chi connectivity index (χ1v) is 6.01. The van der Waals surface area contributed by atoms with E-state index < -0.39 is 0 Å². The van der Waals surface area contributed by atoms with E-state index in [2.05, 4.69) is 19.6 Å². The summed E-state index contributed by atoms with van der Waals surface area (Å²) < 4.78 is 5.60. The lowest BCUT2D eigenvalue weighted by atomic mass is 9.72. The van der Waals surface area contributed by atoms with Crippen LogP contribution in [0, 0.1) is 0 Å². The Morgan fingerprint density at radius 3 is 2.75 bits per heavy atom. The molecular weight excluding hydrogens is 197 g/mol. The maximum Gasteiger partial charge on any atom is 0.209 e. The maximum atomic E-state index is 5.60. The Bertz CT molecular complexity index is 259. The van der Waals surface area contributed by atoms with Gasteiger partial charge in [0.1, 0.15) is 5.76 Å². The molecule has 1 rings (SSSR count). The molecule has 0 bridgehead atoms. The molecule has 1 aliphatic heterocycles. The Hall–Kier alpha value is -0.955. The lowest BCUT2D eigenvalue weighted by molar-refractivity contribution is 0.201. The summed E-state index contributed by atoms with van der Waals surface area (Å²) in [6.07, 6.45) is 7.91. The first kappa shape index (κ1) is 15.0. The smallest absolute Gasteiger partial charge is 0.209 e. The summed E-state index contributed by atoms with van der Waals surface area (Å²) in [5, 5.41) is 0. The molecule has 0 amide bonds. The van der Waals surface area contributed by atoms with E-state index >= 15 is 0 Å². The van der Waals surface area contributed by atoms with Gasteiger partial charge in [0.25, 0.3) is 0 Å². The minimum Gasteiger partial charge on any atom is -0.494 e. The van der Waals surface area contributed by atoms with Gasteiger partial charge in [-0.2, -0.15) is 0 Å². The third-order valence-corrected chi connectivity index (χ3v) is 2.27. The second-order valence-electron chi connectivity index (χ2n) is 3.37. The van der Waals surface area contributed by atoms with Crippen molar-refractivity contribution in [1.82, 2.24) is 0 Å². The molecule has 1 atom stereocenters. The van der Waals surface area contributed by atoms with Crippen LogP contribution in [0.3, 0.4) is 0 Å². The fourth-order valence-electron chi connectivity index (χ4n) is 1.42. The van der Waals surface area contributed by atoms with Crippen LogP contribution in [0.5, 0.6) is 0 Å². The van der Waals surface area contributed by atoms with Crippen LogP contribution in [0.15, 0.2) is 36.1 Å². The molecule has 2 nitrogen and oxygen atoms in total. The Morgan fingerprint density at radius 1 is 1.56 bits per heavy atom. The molecule has 0 spiro atoms. The van der Waals surface area contributed by atoms with Crippen LogP contribution in [0.2, 0.25) is 5.82 Å². The molecule has 0 aliphatic carbocycles. The van der Waals surface area contributed by atoms with Gasteiger partial charge in [0.15, 0.2) is 0 Å². The SMILES string of the molecule is C=CC1=C(/C=C\CC)OCC([B]N)C1.CC.